The molecule has 1 saturated heterocycles. The molecule has 2 aliphatic rings. The molecule has 1 fully saturated rings. The van der Waals surface area contributed by atoms with E-state index in [1.165, 1.54) is 0 Å². The van der Waals surface area contributed by atoms with Gasteiger partial charge in [-0.1, -0.05) is 12.2 Å². The van der Waals surface area contributed by atoms with Gasteiger partial charge in [-0.15, -0.1) is 0 Å². The van der Waals surface area contributed by atoms with Crippen LogP contribution in [0.15, 0.2) is 12.2 Å². The fourth-order valence-electron chi connectivity index (χ4n) is 2.12. The van der Waals surface area contributed by atoms with Crippen LogP contribution in [-0.4, -0.2) is 24.2 Å². The summed E-state index contributed by atoms with van der Waals surface area (Å²) < 4.78 is 0. The highest BCUT2D eigenvalue weighted by Gasteiger charge is 2.40. The second-order valence-electron chi connectivity index (χ2n) is 3.98. The zero-order valence-corrected chi connectivity index (χ0v) is 6.64. The topological polar surface area (TPSA) is 64.1 Å². The molecule has 3 nitrogen and oxygen atoms in total. The highest BCUT2D eigenvalue weighted by Crippen LogP contribution is 2.29. The van der Waals surface area contributed by atoms with Gasteiger partial charge in [0.2, 0.25) is 0 Å². The summed E-state index contributed by atoms with van der Waals surface area (Å²) in [4.78, 5) is 0. The third kappa shape index (κ3) is 1.20. The van der Waals surface area contributed by atoms with Crippen LogP contribution in [-0.2, 0) is 0 Å². The lowest BCUT2D eigenvalue weighted by Crippen LogP contribution is -2.66. The van der Waals surface area contributed by atoms with Crippen LogP contribution < -0.4 is 16.8 Å². The second-order valence-corrected chi connectivity index (χ2v) is 3.98. The van der Waals surface area contributed by atoms with Crippen LogP contribution in [0.2, 0.25) is 0 Å². The summed E-state index contributed by atoms with van der Waals surface area (Å²) in [6.45, 7) is 1.76. The van der Waals surface area contributed by atoms with E-state index in [2.05, 4.69) is 17.5 Å². The van der Waals surface area contributed by atoms with Crippen molar-refractivity contribution < 1.29 is 0 Å². The number of piperidine rings is 1. The van der Waals surface area contributed by atoms with Gasteiger partial charge >= 0.3 is 0 Å². The van der Waals surface area contributed by atoms with Gasteiger partial charge in [-0.05, 0) is 12.8 Å². The summed E-state index contributed by atoms with van der Waals surface area (Å²) >= 11 is 0. The van der Waals surface area contributed by atoms with Crippen molar-refractivity contribution in [3.8, 4) is 0 Å². The molecule has 1 aliphatic heterocycles. The molecule has 0 aromatic carbocycles. The average Bonchev–Trinajstić information content (AvgIpc) is 1.83. The Morgan fingerprint density at radius 2 is 2.09 bits per heavy atom. The molecule has 5 N–H and O–H groups in total. The van der Waals surface area contributed by atoms with E-state index < -0.39 is 0 Å². The molecule has 0 amide bonds. The fraction of sp³-hybridized carbons (Fsp3) is 0.750. The Bertz CT molecular complexity index is 202. The molecule has 11 heavy (non-hydrogen) atoms. The standard InChI is InChI=1S/C8H15N3/c9-7-2-1-3-8(10,4-7)6-11-5-7/h1-2,11H,3-6,9-10H2. The van der Waals surface area contributed by atoms with E-state index in [1.54, 1.807) is 0 Å². The Morgan fingerprint density at radius 3 is 2.73 bits per heavy atom. The summed E-state index contributed by atoms with van der Waals surface area (Å²) in [6.07, 6.45) is 6.08. The molecule has 0 aromatic heterocycles. The first kappa shape index (κ1) is 7.28. The Labute approximate surface area is 66.8 Å². The van der Waals surface area contributed by atoms with E-state index in [1.807, 2.05) is 0 Å². The van der Waals surface area contributed by atoms with Crippen molar-refractivity contribution in [2.75, 3.05) is 13.1 Å². The molecule has 0 saturated carbocycles. The van der Waals surface area contributed by atoms with Crippen LogP contribution in [0.4, 0.5) is 0 Å². The number of rotatable bonds is 0. The Hall–Kier alpha value is -0.380. The normalized spacial score (nSPS) is 49.3. The van der Waals surface area contributed by atoms with Crippen molar-refractivity contribution in [3.05, 3.63) is 12.2 Å². The molecule has 0 aromatic rings. The van der Waals surface area contributed by atoms with E-state index in [-0.39, 0.29) is 11.1 Å². The molecule has 2 bridgehead atoms. The van der Waals surface area contributed by atoms with Gasteiger partial charge in [0.05, 0.1) is 0 Å². The predicted molar refractivity (Wildman–Crippen MR) is 45.1 cm³/mol. The Morgan fingerprint density at radius 1 is 1.27 bits per heavy atom. The zero-order chi connectivity index (χ0) is 7.95. The van der Waals surface area contributed by atoms with Gasteiger partial charge in [0, 0.05) is 24.2 Å². The molecule has 0 spiro atoms. The van der Waals surface area contributed by atoms with Crippen molar-refractivity contribution >= 4 is 0 Å². The monoisotopic (exact) mass is 153 g/mol. The van der Waals surface area contributed by atoms with Crippen LogP contribution >= 0.6 is 0 Å². The first-order chi connectivity index (χ1) is 5.12. The lowest BCUT2D eigenvalue weighted by atomic mass is 9.73. The van der Waals surface area contributed by atoms with Gasteiger partial charge in [0.25, 0.3) is 0 Å². The van der Waals surface area contributed by atoms with Crippen molar-refractivity contribution in [1.29, 1.82) is 0 Å². The molecule has 0 radical (unpaired) electrons. The van der Waals surface area contributed by atoms with E-state index in [0.29, 0.717) is 0 Å². The quantitative estimate of drug-likeness (QED) is 0.405. The first-order valence-corrected chi connectivity index (χ1v) is 4.08. The molecule has 2 atom stereocenters. The van der Waals surface area contributed by atoms with Gasteiger partial charge in [-0.25, -0.2) is 0 Å². The van der Waals surface area contributed by atoms with Crippen LogP contribution in [0.5, 0.6) is 0 Å². The molecule has 62 valence electrons. The fourth-order valence-corrected chi connectivity index (χ4v) is 2.12. The van der Waals surface area contributed by atoms with Crippen molar-refractivity contribution in [1.82, 2.24) is 5.32 Å². The summed E-state index contributed by atoms with van der Waals surface area (Å²) in [5.74, 6) is 0. The molecular weight excluding hydrogens is 138 g/mol. The lowest BCUT2D eigenvalue weighted by Gasteiger charge is -2.45. The number of hydrogen-bond acceptors (Lipinski definition) is 3. The number of nitrogens with two attached hydrogens (primary N) is 2. The summed E-state index contributed by atoms with van der Waals surface area (Å²) in [6, 6.07) is 0. The Kier molecular flexibility index (Phi) is 1.36. The van der Waals surface area contributed by atoms with E-state index in [4.69, 9.17) is 11.5 Å². The number of nitrogens with one attached hydrogen (secondary N) is 1. The van der Waals surface area contributed by atoms with Crippen LogP contribution in [0, 0.1) is 0 Å². The summed E-state index contributed by atoms with van der Waals surface area (Å²) in [7, 11) is 0. The molecule has 2 rings (SSSR count). The molecular formula is C8H15N3. The van der Waals surface area contributed by atoms with E-state index in [9.17, 15) is 0 Å². The third-order valence-electron chi connectivity index (χ3n) is 2.59. The maximum atomic E-state index is 6.09. The zero-order valence-electron chi connectivity index (χ0n) is 6.64. The molecule has 3 heteroatoms. The van der Waals surface area contributed by atoms with Crippen LogP contribution in [0.3, 0.4) is 0 Å². The van der Waals surface area contributed by atoms with Gasteiger partial charge in [0.1, 0.15) is 0 Å². The number of hydrogen-bond donors (Lipinski definition) is 3. The minimum atomic E-state index is -0.175. The smallest absolute Gasteiger partial charge is 0.0484 e. The van der Waals surface area contributed by atoms with Gasteiger partial charge in [0.15, 0.2) is 0 Å². The largest absolute Gasteiger partial charge is 0.324 e. The SMILES string of the molecule is NC12C=CCC(N)(CNC1)C2. The highest BCUT2D eigenvalue weighted by atomic mass is 15.0. The maximum absolute atomic E-state index is 6.09. The number of fused-ring (bicyclic) bond motifs is 2. The summed E-state index contributed by atoms with van der Waals surface area (Å²) in [5.41, 5.74) is 11.9. The summed E-state index contributed by atoms with van der Waals surface area (Å²) in [5, 5.41) is 3.27. The highest BCUT2D eigenvalue weighted by molar-refractivity contribution is 5.20. The first-order valence-electron chi connectivity index (χ1n) is 4.08. The average molecular weight is 153 g/mol. The van der Waals surface area contributed by atoms with E-state index >= 15 is 0 Å². The predicted octanol–water partition coefficient (Wildman–Crippen LogP) is -0.665. The molecule has 2 unspecified atom stereocenters. The van der Waals surface area contributed by atoms with Crippen molar-refractivity contribution in [3.63, 3.8) is 0 Å². The minimum absolute atomic E-state index is 0.0816. The molecule has 1 aliphatic carbocycles. The van der Waals surface area contributed by atoms with Crippen LogP contribution in [0.25, 0.3) is 0 Å². The third-order valence-corrected chi connectivity index (χ3v) is 2.59. The maximum Gasteiger partial charge on any atom is 0.0484 e. The lowest BCUT2D eigenvalue weighted by molar-refractivity contribution is 0.232. The van der Waals surface area contributed by atoms with Crippen LogP contribution in [0.1, 0.15) is 12.8 Å². The van der Waals surface area contributed by atoms with Gasteiger partial charge in [-0.2, -0.15) is 0 Å². The van der Waals surface area contributed by atoms with E-state index in [0.717, 1.165) is 25.9 Å². The van der Waals surface area contributed by atoms with Gasteiger partial charge in [-0.3, -0.25) is 0 Å². The van der Waals surface area contributed by atoms with Crippen molar-refractivity contribution in [2.24, 2.45) is 11.5 Å². The minimum Gasteiger partial charge on any atom is -0.324 e. The molecule has 1 heterocycles. The Balaban J connectivity index is 2.27. The van der Waals surface area contributed by atoms with Crippen molar-refractivity contribution in [2.45, 2.75) is 23.9 Å². The second kappa shape index (κ2) is 2.06. The van der Waals surface area contributed by atoms with Gasteiger partial charge < -0.3 is 16.8 Å².